The van der Waals surface area contributed by atoms with Crippen LogP contribution in [0.15, 0.2) is 12.1 Å². The molecule has 8 heteroatoms. The fourth-order valence-corrected chi connectivity index (χ4v) is 2.79. The van der Waals surface area contributed by atoms with E-state index < -0.39 is 18.6 Å². The predicted molar refractivity (Wildman–Crippen MR) is 71.6 cm³/mol. The van der Waals surface area contributed by atoms with E-state index in [1.54, 1.807) is 6.07 Å². The summed E-state index contributed by atoms with van der Waals surface area (Å²) in [5.74, 6) is -0.153. The molecule has 2 aliphatic rings. The quantitative estimate of drug-likeness (QED) is 0.897. The molecule has 1 saturated heterocycles. The first-order chi connectivity index (χ1) is 9.85. The number of carbonyl (C=O) groups excluding carboxylic acids is 1. The van der Waals surface area contributed by atoms with Crippen molar-refractivity contribution in [1.82, 2.24) is 10.3 Å². The van der Waals surface area contributed by atoms with Crippen LogP contribution in [0.2, 0.25) is 0 Å². The standard InChI is InChI=1S/C13H15F3N4O/c1-19-8-4-5-20(6-8)10-3-2-9(18-11(10)19)12(21)17-7-13(14,15)16/h2-3,8H,4-7H2,1H3,(H,17,21)/t8-/m0/s1. The van der Waals surface area contributed by atoms with Gasteiger partial charge in [-0.3, -0.25) is 4.79 Å². The number of hydrogen-bond acceptors (Lipinski definition) is 4. The van der Waals surface area contributed by atoms with E-state index in [1.165, 1.54) is 6.07 Å². The van der Waals surface area contributed by atoms with Crippen LogP contribution >= 0.6 is 0 Å². The van der Waals surface area contributed by atoms with E-state index in [1.807, 2.05) is 17.3 Å². The molecule has 3 rings (SSSR count). The first-order valence-corrected chi connectivity index (χ1v) is 6.69. The molecule has 2 bridgehead atoms. The molecule has 1 N–H and O–H groups in total. The van der Waals surface area contributed by atoms with Gasteiger partial charge in [-0.15, -0.1) is 0 Å². The number of aromatic nitrogens is 1. The van der Waals surface area contributed by atoms with E-state index in [0.717, 1.165) is 25.2 Å². The molecule has 1 aromatic rings. The summed E-state index contributed by atoms with van der Waals surface area (Å²) in [7, 11) is 1.90. The lowest BCUT2D eigenvalue weighted by Crippen LogP contribution is -2.41. The summed E-state index contributed by atoms with van der Waals surface area (Å²) in [6, 6.07) is 3.57. The third-order valence-electron chi connectivity index (χ3n) is 3.92. The third-order valence-corrected chi connectivity index (χ3v) is 3.92. The Bertz CT molecular complexity index is 575. The van der Waals surface area contributed by atoms with E-state index >= 15 is 0 Å². The molecule has 5 nitrogen and oxygen atoms in total. The van der Waals surface area contributed by atoms with Crippen LogP contribution in [0, 0.1) is 0 Å². The van der Waals surface area contributed by atoms with Crippen molar-refractivity contribution in [3.63, 3.8) is 0 Å². The van der Waals surface area contributed by atoms with Gasteiger partial charge in [0.15, 0.2) is 5.82 Å². The maximum atomic E-state index is 12.1. The molecule has 114 valence electrons. The molecule has 0 saturated carbocycles. The Labute approximate surface area is 119 Å². The van der Waals surface area contributed by atoms with Gasteiger partial charge < -0.3 is 15.1 Å². The number of rotatable bonds is 2. The molecule has 0 radical (unpaired) electrons. The predicted octanol–water partition coefficient (Wildman–Crippen LogP) is 1.40. The van der Waals surface area contributed by atoms with Crippen molar-refractivity contribution in [2.45, 2.75) is 18.6 Å². The largest absolute Gasteiger partial charge is 0.405 e. The van der Waals surface area contributed by atoms with Crippen molar-refractivity contribution in [2.24, 2.45) is 0 Å². The second-order valence-electron chi connectivity index (χ2n) is 5.34. The van der Waals surface area contributed by atoms with Crippen molar-refractivity contribution in [3.05, 3.63) is 17.8 Å². The highest BCUT2D eigenvalue weighted by atomic mass is 19.4. The second kappa shape index (κ2) is 4.78. The number of carbonyl (C=O) groups is 1. The number of fused-ring (bicyclic) bond motifs is 4. The molecule has 0 spiro atoms. The van der Waals surface area contributed by atoms with E-state index in [4.69, 9.17) is 0 Å². The Balaban J connectivity index is 1.82. The molecule has 3 heterocycles. The first-order valence-electron chi connectivity index (χ1n) is 6.69. The smallest absolute Gasteiger partial charge is 0.366 e. The normalized spacial score (nSPS) is 20.5. The molecule has 21 heavy (non-hydrogen) atoms. The average Bonchev–Trinajstić information content (AvgIpc) is 2.87. The highest BCUT2D eigenvalue weighted by Crippen LogP contribution is 2.37. The molecule has 0 unspecified atom stereocenters. The Morgan fingerprint density at radius 3 is 2.95 bits per heavy atom. The highest BCUT2D eigenvalue weighted by Gasteiger charge is 2.35. The second-order valence-corrected chi connectivity index (χ2v) is 5.34. The van der Waals surface area contributed by atoms with Crippen LogP contribution in [0.4, 0.5) is 24.7 Å². The SMILES string of the molecule is CN1c2nc(C(=O)NCC(F)(F)F)ccc2N2CC[C@H]1C2. The van der Waals surface area contributed by atoms with Gasteiger partial charge in [0, 0.05) is 26.2 Å². The van der Waals surface area contributed by atoms with Gasteiger partial charge in [-0.2, -0.15) is 13.2 Å². The van der Waals surface area contributed by atoms with Crippen LogP contribution in [-0.4, -0.2) is 49.8 Å². The Morgan fingerprint density at radius 2 is 2.24 bits per heavy atom. The molecular formula is C13H15F3N4O. The van der Waals surface area contributed by atoms with Crippen molar-refractivity contribution in [3.8, 4) is 0 Å². The van der Waals surface area contributed by atoms with E-state index in [9.17, 15) is 18.0 Å². The summed E-state index contributed by atoms with van der Waals surface area (Å²) in [4.78, 5) is 20.2. The van der Waals surface area contributed by atoms with Gasteiger partial charge in [0.1, 0.15) is 12.2 Å². The summed E-state index contributed by atoms with van der Waals surface area (Å²) < 4.78 is 36.4. The number of amides is 1. The monoisotopic (exact) mass is 300 g/mol. The third kappa shape index (κ3) is 2.62. The Morgan fingerprint density at radius 1 is 1.48 bits per heavy atom. The van der Waals surface area contributed by atoms with Crippen molar-refractivity contribution in [1.29, 1.82) is 0 Å². The number of pyridine rings is 1. The van der Waals surface area contributed by atoms with Gasteiger partial charge in [0.25, 0.3) is 5.91 Å². The minimum absolute atomic E-state index is 0.00681. The zero-order valence-electron chi connectivity index (χ0n) is 11.4. The lowest BCUT2D eigenvalue weighted by molar-refractivity contribution is -0.123. The van der Waals surface area contributed by atoms with Crippen LogP contribution in [0.1, 0.15) is 16.9 Å². The van der Waals surface area contributed by atoms with Crippen LogP contribution in [0.3, 0.4) is 0 Å². The summed E-state index contributed by atoms with van der Waals surface area (Å²) >= 11 is 0. The van der Waals surface area contributed by atoms with Crippen LogP contribution < -0.4 is 15.1 Å². The Hall–Kier alpha value is -1.99. The molecule has 1 atom stereocenters. The number of nitrogens with zero attached hydrogens (tertiary/aromatic N) is 3. The van der Waals surface area contributed by atoms with Gasteiger partial charge in [-0.25, -0.2) is 4.98 Å². The number of alkyl halides is 3. The molecule has 1 fully saturated rings. The number of nitrogens with one attached hydrogen (secondary N) is 1. The van der Waals surface area contributed by atoms with Gasteiger partial charge in [-0.05, 0) is 18.6 Å². The van der Waals surface area contributed by atoms with E-state index in [2.05, 4.69) is 9.88 Å². The summed E-state index contributed by atoms with van der Waals surface area (Å²) in [5.41, 5.74) is 0.936. The molecule has 1 aromatic heterocycles. The van der Waals surface area contributed by atoms with Gasteiger partial charge >= 0.3 is 6.18 Å². The van der Waals surface area contributed by atoms with E-state index in [0.29, 0.717) is 11.9 Å². The zero-order valence-corrected chi connectivity index (χ0v) is 11.4. The average molecular weight is 300 g/mol. The fraction of sp³-hybridized carbons (Fsp3) is 0.538. The van der Waals surface area contributed by atoms with Gasteiger partial charge in [0.2, 0.25) is 0 Å². The molecule has 1 amide bonds. The summed E-state index contributed by atoms with van der Waals surface area (Å²) in [6.45, 7) is 0.503. The first kappa shape index (κ1) is 14.0. The van der Waals surface area contributed by atoms with Gasteiger partial charge in [-0.1, -0.05) is 0 Å². The van der Waals surface area contributed by atoms with Crippen molar-refractivity contribution in [2.75, 3.05) is 36.5 Å². The zero-order chi connectivity index (χ0) is 15.2. The lowest BCUT2D eigenvalue weighted by Gasteiger charge is -2.34. The number of halogens is 3. The number of likely N-dealkylation sites (N-methyl/N-ethyl adjacent to an activating group) is 1. The maximum Gasteiger partial charge on any atom is 0.405 e. The molecule has 0 aromatic carbocycles. The van der Waals surface area contributed by atoms with Crippen LogP contribution in [0.25, 0.3) is 0 Å². The fourth-order valence-electron chi connectivity index (χ4n) is 2.79. The van der Waals surface area contributed by atoms with Crippen LogP contribution in [-0.2, 0) is 0 Å². The van der Waals surface area contributed by atoms with E-state index in [-0.39, 0.29) is 5.69 Å². The molecular weight excluding hydrogens is 285 g/mol. The van der Waals surface area contributed by atoms with Crippen LogP contribution in [0.5, 0.6) is 0 Å². The van der Waals surface area contributed by atoms with Crippen molar-refractivity contribution < 1.29 is 18.0 Å². The topological polar surface area (TPSA) is 48.5 Å². The molecule has 0 aliphatic carbocycles. The summed E-state index contributed by atoms with van der Waals surface area (Å²) in [5, 5.41) is 1.84. The maximum absolute atomic E-state index is 12.1. The number of anilines is 2. The number of hydrogen-bond donors (Lipinski definition) is 1. The Kier molecular flexibility index (Phi) is 3.18. The summed E-state index contributed by atoms with van der Waals surface area (Å²) in [6.07, 6.45) is -3.41. The minimum atomic E-state index is -4.43. The van der Waals surface area contributed by atoms with Gasteiger partial charge in [0.05, 0.1) is 5.69 Å². The van der Waals surface area contributed by atoms with Crippen molar-refractivity contribution >= 4 is 17.4 Å². The minimum Gasteiger partial charge on any atom is -0.366 e. The lowest BCUT2D eigenvalue weighted by atomic mass is 10.2. The molecule has 2 aliphatic heterocycles. The highest BCUT2D eigenvalue weighted by molar-refractivity contribution is 5.93.